The average molecular weight is 1940 g/mol. The number of benzene rings is 1. The maximum absolute atomic E-state index is 13.8. The molecule has 3 aromatic rings. The van der Waals surface area contributed by atoms with Crippen molar-refractivity contribution in [2.24, 2.45) is 0 Å². The minimum Gasteiger partial charge on any atom is -0.478 e. The number of thioether (sulfide) groups is 2. The van der Waals surface area contributed by atoms with Crippen molar-refractivity contribution >= 4 is 71.0 Å². The summed E-state index contributed by atoms with van der Waals surface area (Å²) >= 11 is 1.33. The second-order valence-electron chi connectivity index (χ2n) is 29.1. The summed E-state index contributed by atoms with van der Waals surface area (Å²) in [7, 11) is 0. The van der Waals surface area contributed by atoms with Gasteiger partial charge >= 0.3 is 17.9 Å². The van der Waals surface area contributed by atoms with Gasteiger partial charge in [-0.15, -0.1) is 33.7 Å². The van der Waals surface area contributed by atoms with Crippen LogP contribution in [0.5, 0.6) is 5.75 Å². The number of esters is 1. The number of hydrogen-bond donors (Lipinski definition) is 18. The quantitative estimate of drug-likeness (QED) is 0.00505. The van der Waals surface area contributed by atoms with Crippen molar-refractivity contribution in [2.75, 3.05) is 223 Å². The highest BCUT2D eigenvalue weighted by Crippen LogP contribution is 2.32. The van der Waals surface area contributed by atoms with Gasteiger partial charge in [0.15, 0.2) is 0 Å². The highest BCUT2D eigenvalue weighted by molar-refractivity contribution is 8.01. The van der Waals surface area contributed by atoms with Gasteiger partial charge in [0.25, 0.3) is 0 Å². The van der Waals surface area contributed by atoms with E-state index in [0.29, 0.717) is 114 Å². The molecule has 52 heteroatoms. The van der Waals surface area contributed by atoms with Crippen molar-refractivity contribution in [1.82, 2.24) is 67.2 Å². The minimum atomic E-state index is -2.49. The van der Waals surface area contributed by atoms with Crippen molar-refractivity contribution < 1.29 is 178 Å². The van der Waals surface area contributed by atoms with Gasteiger partial charge < -0.3 is 155 Å². The normalized spacial score (nSPS) is 13.9. The number of amides is 5. The number of nitrogens with one attached hydrogen (secondary N) is 7. The van der Waals surface area contributed by atoms with Crippen LogP contribution in [0.1, 0.15) is 108 Å². The number of ether oxygens (including phenoxy) is 13. The predicted octanol–water partition coefficient (Wildman–Crippen LogP) is -3.15. The lowest BCUT2D eigenvalue weighted by Gasteiger charge is -2.31. The van der Waals surface area contributed by atoms with E-state index in [-0.39, 0.29) is 252 Å². The first-order chi connectivity index (χ1) is 63.1. The van der Waals surface area contributed by atoms with Gasteiger partial charge in [0.1, 0.15) is 24.6 Å². The molecule has 0 saturated heterocycles. The molecule has 0 bridgehead atoms. The summed E-state index contributed by atoms with van der Waals surface area (Å²) in [6.07, 6.45) is 1.04. The Labute approximate surface area is 763 Å². The van der Waals surface area contributed by atoms with E-state index in [0.717, 1.165) is 11.8 Å². The van der Waals surface area contributed by atoms with Crippen LogP contribution in [0.25, 0.3) is 0 Å². The number of aromatic nitrogens is 6. The highest BCUT2D eigenvalue weighted by atomic mass is 32.2. The first-order valence-corrected chi connectivity index (χ1v) is 45.0. The van der Waals surface area contributed by atoms with E-state index in [4.69, 9.17) is 77.3 Å². The number of carboxylic acid groups (broad SMARTS) is 2. The van der Waals surface area contributed by atoms with E-state index in [1.165, 1.54) is 0 Å². The molecule has 3 rings (SSSR count). The Hall–Kier alpha value is -7.31. The van der Waals surface area contributed by atoms with Gasteiger partial charge in [-0.05, 0) is 83.7 Å². The lowest BCUT2D eigenvalue weighted by Crippen LogP contribution is -2.50. The largest absolute Gasteiger partial charge is 0.478 e. The van der Waals surface area contributed by atoms with E-state index >= 15 is 0 Å². The molecule has 0 spiro atoms. The average Bonchev–Trinajstić information content (AvgIpc) is 1.34. The van der Waals surface area contributed by atoms with Crippen LogP contribution in [0.2, 0.25) is 0 Å². The van der Waals surface area contributed by atoms with Crippen LogP contribution < -0.4 is 42.0 Å². The summed E-state index contributed by atoms with van der Waals surface area (Å²) in [5.41, 5.74) is 1.11. The van der Waals surface area contributed by atoms with Crippen LogP contribution in [0, 0.1) is 29.1 Å². The van der Waals surface area contributed by atoms with Crippen LogP contribution in [0.15, 0.2) is 12.4 Å². The summed E-state index contributed by atoms with van der Waals surface area (Å²) in [5.74, 6) is -19.8. The van der Waals surface area contributed by atoms with E-state index in [2.05, 4.69) is 62.6 Å². The number of nitrogens with zero attached hydrogens (tertiary/aromatic N) is 6. The lowest BCUT2D eigenvalue weighted by molar-refractivity contribution is -0.152. The Morgan fingerprint density at radius 1 is 0.427 bits per heavy atom. The molecule has 0 radical (unpaired) electrons. The second-order valence-corrected chi connectivity index (χ2v) is 31.8. The maximum atomic E-state index is 13.8. The zero-order valence-corrected chi connectivity index (χ0v) is 75.1. The molecule has 0 fully saturated rings. The van der Waals surface area contributed by atoms with Crippen LogP contribution in [-0.4, -0.2) is 402 Å². The van der Waals surface area contributed by atoms with Gasteiger partial charge in [0, 0.05) is 82.3 Å². The van der Waals surface area contributed by atoms with Crippen molar-refractivity contribution in [3.05, 3.63) is 52.9 Å². The van der Waals surface area contributed by atoms with Crippen molar-refractivity contribution in [3.8, 4) is 5.75 Å². The molecule has 0 aliphatic carbocycles. The maximum Gasteiger partial charge on any atom is 0.346 e. The molecule has 0 aliphatic heterocycles. The summed E-state index contributed by atoms with van der Waals surface area (Å²) in [6.45, 7) is 4.63. The molecule has 2 aromatic heterocycles. The van der Waals surface area contributed by atoms with E-state index in [9.17, 15) is 96.1 Å². The Morgan fingerprint density at radius 3 is 1.43 bits per heavy atom. The van der Waals surface area contributed by atoms with Crippen LogP contribution >= 0.6 is 23.5 Å². The predicted molar refractivity (Wildman–Crippen MR) is 453 cm³/mol. The van der Waals surface area contributed by atoms with Gasteiger partial charge in [0.05, 0.1) is 215 Å². The molecule has 0 unspecified atom stereocenters. The molecule has 45 nitrogen and oxygen atoms in total. The Morgan fingerprint density at radius 2 is 0.885 bits per heavy atom. The lowest BCUT2D eigenvalue weighted by atomic mass is 9.97. The summed E-state index contributed by atoms with van der Waals surface area (Å²) in [4.78, 5) is 93.3. The number of carbonyl (C=O) groups is 8. The molecule has 5 amide bonds. The summed E-state index contributed by atoms with van der Waals surface area (Å²) in [6, 6.07) is -2.33. The molecule has 2 heterocycles. The molecule has 8 atom stereocenters. The number of aliphatic hydroxyl groups is 9. The van der Waals surface area contributed by atoms with Crippen molar-refractivity contribution in [3.63, 3.8) is 0 Å². The number of rotatable bonds is 87. The minimum absolute atomic E-state index is 0.00259. The smallest absolute Gasteiger partial charge is 0.346 e. The third kappa shape index (κ3) is 56.0. The number of carboxylic acids is 2. The third-order valence-corrected chi connectivity index (χ3v) is 20.8. The first-order valence-electron chi connectivity index (χ1n) is 43.0. The Kier molecular flexibility index (Phi) is 65.7. The zero-order valence-electron chi connectivity index (χ0n) is 73.5. The fraction of sp³-hybridized carbons (Fsp3) is 0.772. The second kappa shape index (κ2) is 73.1. The van der Waals surface area contributed by atoms with Gasteiger partial charge in [-0.2, -0.15) is 8.78 Å². The van der Waals surface area contributed by atoms with Crippen LogP contribution in [-0.2, 0) is 122 Å². The van der Waals surface area contributed by atoms with Gasteiger partial charge in [-0.3, -0.25) is 28.8 Å². The summed E-state index contributed by atoms with van der Waals surface area (Å²) < 4.78 is 141. The van der Waals surface area contributed by atoms with Gasteiger partial charge in [0.2, 0.25) is 74.2 Å². The van der Waals surface area contributed by atoms with Crippen LogP contribution in [0.4, 0.5) is 22.0 Å². The Balaban J connectivity index is 1.28. The third-order valence-electron chi connectivity index (χ3n) is 18.4. The molecule has 1 aromatic carbocycles. The van der Waals surface area contributed by atoms with Crippen LogP contribution in [0.3, 0.4) is 0 Å². The van der Waals surface area contributed by atoms with Gasteiger partial charge in [-0.1, -0.05) is 10.4 Å². The molecule has 131 heavy (non-hydrogen) atoms. The first kappa shape index (κ1) is 118. The van der Waals surface area contributed by atoms with E-state index < -0.39 is 131 Å². The van der Waals surface area contributed by atoms with Crippen molar-refractivity contribution in [1.29, 1.82) is 0 Å². The molecular weight excluding hydrogens is 1800 g/mol. The number of halogens is 5. The Bertz CT molecular complexity index is 3610. The SMILES string of the molecule is O=C(CCOCCOCCn1cc(COCCOCCS[C@](O)(C[C@H](O)[C@H](C[C@H](O)CCO)NC(=O)CO)C(=O)O)nn1)NCCCC[C@@H](CNCC(=O)NCCOCCOCCOCCOCCC(=O)Oc1c(F)c(F)c(F)c(F)c1F)NC(=O)CCCNCCCOCCOCCn1cc(COCCOCCS[C@](O)(CC[C@H](C[C@H](O)CCO)NC(=O)CO)C(=O)O)nn1. The number of aliphatic hydroxyl groups excluding tert-OH is 7. The van der Waals surface area contributed by atoms with E-state index in [1.807, 2.05) is 0 Å². The monoisotopic (exact) mass is 1930 g/mol. The molecule has 0 aliphatic rings. The molecule has 18 N–H and O–H groups in total. The number of aliphatic carboxylic acids is 2. The number of carbonyl (C=O) groups excluding carboxylic acids is 6. The molecule has 752 valence electrons. The topological polar surface area (TPSA) is 625 Å². The molecule has 0 saturated carbocycles. The number of hydrogen-bond acceptors (Lipinski definition) is 38. The standard InChI is InChI=1S/C79H132F5N13O32S2/c80-70-71(81)73(83)75(74(84)72(70)82)129-69(110)11-23-119-29-33-123-35-36-124-34-30-120-24-16-88-66(107)49-86-48-57(5-1-2-15-87-64(105)10-22-118-28-32-122-26-18-97-51-59(93-95-97)55-128-40-38-126-42-44-131-79(116,77(113)114)47-63(104)62(91-68(109)53-101)46-61(103)9-20-99)90-65(106)6-3-13-85-14-4-21-117-27-31-121-25-17-96-50-58(92-94-96)54-127-39-37-125-41-43-130-78(115,76(111)112)12-7-56(89-67(108)52-100)45-60(102)8-19-98/h50-51,56-57,60-63,85-86,98-104,115-116H,1-49,52-55H2,(H,87,105)(H,88,107)(H,89,108)(H,90,106)(H,91,109)(H,111,112)(H,113,114)/t56-,57+,60-,61-,62+,63+,78-,79-/m1/s1. The highest BCUT2D eigenvalue weighted by Gasteiger charge is 2.42. The fourth-order valence-corrected chi connectivity index (χ4v) is 13.4. The van der Waals surface area contributed by atoms with Crippen molar-refractivity contribution in [2.45, 2.75) is 169 Å². The van der Waals surface area contributed by atoms with E-state index in [1.54, 1.807) is 21.8 Å². The number of unbranched alkanes of at least 4 members (excludes halogenated alkanes) is 1. The van der Waals surface area contributed by atoms with Gasteiger partial charge in [-0.25, -0.2) is 32.1 Å². The fourth-order valence-electron chi connectivity index (χ4n) is 11.6. The summed E-state index contributed by atoms with van der Waals surface area (Å²) in [5, 5.41) is 145. The molecular formula is C79H132F5N13O32S2. The zero-order chi connectivity index (χ0) is 96.1.